The largest absolute Gasteiger partial charge is 0.443 e. The lowest BCUT2D eigenvalue weighted by atomic mass is 9.95. The van der Waals surface area contributed by atoms with Gasteiger partial charge in [0, 0.05) is 6.42 Å². The molecule has 0 radical (unpaired) electrons. The van der Waals surface area contributed by atoms with Gasteiger partial charge < -0.3 is 15.6 Å². The number of primary amides is 1. The van der Waals surface area contributed by atoms with Crippen molar-refractivity contribution < 1.29 is 14.6 Å². The second-order valence-corrected chi connectivity index (χ2v) is 4.27. The molecule has 3 N–H and O–H groups in total. The number of carbonyl (C=O) groups excluding carboxylic acids is 1. The topological polar surface area (TPSA) is 72.6 Å². The summed E-state index contributed by atoms with van der Waals surface area (Å²) in [5.74, 6) is 0. The summed E-state index contributed by atoms with van der Waals surface area (Å²) >= 11 is 0. The smallest absolute Gasteiger partial charge is 0.404 e. The molecule has 1 aromatic carbocycles. The fourth-order valence-corrected chi connectivity index (χ4v) is 1.40. The van der Waals surface area contributed by atoms with Crippen LogP contribution in [-0.4, -0.2) is 22.9 Å². The van der Waals surface area contributed by atoms with Crippen molar-refractivity contribution in [2.45, 2.75) is 32.0 Å². The van der Waals surface area contributed by atoms with Gasteiger partial charge in [-0.15, -0.1) is 0 Å². The van der Waals surface area contributed by atoms with Gasteiger partial charge in [0.2, 0.25) is 0 Å². The zero-order chi connectivity index (χ0) is 12.2. The van der Waals surface area contributed by atoms with Crippen LogP contribution >= 0.6 is 0 Å². The summed E-state index contributed by atoms with van der Waals surface area (Å²) in [4.78, 5) is 10.7. The molecule has 16 heavy (non-hydrogen) atoms. The highest BCUT2D eigenvalue weighted by atomic mass is 16.6. The van der Waals surface area contributed by atoms with E-state index in [1.54, 1.807) is 13.8 Å². The van der Waals surface area contributed by atoms with Crippen molar-refractivity contribution in [3.8, 4) is 0 Å². The van der Waals surface area contributed by atoms with Crippen LogP contribution in [-0.2, 0) is 11.2 Å². The molecule has 1 unspecified atom stereocenters. The summed E-state index contributed by atoms with van der Waals surface area (Å²) in [6, 6.07) is 9.49. The lowest BCUT2D eigenvalue weighted by Crippen LogP contribution is -2.42. The monoisotopic (exact) mass is 223 g/mol. The zero-order valence-corrected chi connectivity index (χ0v) is 9.51. The van der Waals surface area contributed by atoms with Crippen molar-refractivity contribution in [3.05, 3.63) is 35.9 Å². The molecule has 0 aliphatic carbocycles. The van der Waals surface area contributed by atoms with Gasteiger partial charge in [0.1, 0.15) is 6.10 Å². The van der Waals surface area contributed by atoms with E-state index in [2.05, 4.69) is 0 Å². The minimum Gasteiger partial charge on any atom is -0.443 e. The lowest BCUT2D eigenvalue weighted by molar-refractivity contribution is -0.0523. The highest BCUT2D eigenvalue weighted by molar-refractivity contribution is 5.65. The van der Waals surface area contributed by atoms with E-state index in [4.69, 9.17) is 10.5 Å². The van der Waals surface area contributed by atoms with Crippen molar-refractivity contribution in [3.63, 3.8) is 0 Å². The molecule has 0 saturated carbocycles. The molecule has 0 fully saturated rings. The van der Waals surface area contributed by atoms with E-state index < -0.39 is 17.8 Å². The van der Waals surface area contributed by atoms with Crippen LogP contribution in [0.4, 0.5) is 4.79 Å². The number of benzene rings is 1. The molecule has 4 heteroatoms. The van der Waals surface area contributed by atoms with E-state index in [9.17, 15) is 9.90 Å². The van der Waals surface area contributed by atoms with Crippen LogP contribution in [0.1, 0.15) is 19.4 Å². The standard InChI is InChI=1S/C12H17NO3/c1-12(2,15)10(16-11(13)14)8-9-6-4-3-5-7-9/h3-7,10,15H,8H2,1-2H3,(H2,13,14). The normalized spacial score (nSPS) is 13.2. The molecule has 1 atom stereocenters. The van der Waals surface area contributed by atoms with Gasteiger partial charge in [0.05, 0.1) is 5.60 Å². The lowest BCUT2D eigenvalue weighted by Gasteiger charge is -2.28. The number of aliphatic hydroxyl groups is 1. The molecule has 0 aromatic heterocycles. The van der Waals surface area contributed by atoms with Crippen LogP contribution in [0.25, 0.3) is 0 Å². The Morgan fingerprint density at radius 1 is 1.44 bits per heavy atom. The van der Waals surface area contributed by atoms with E-state index in [0.29, 0.717) is 6.42 Å². The average molecular weight is 223 g/mol. The third-order valence-corrected chi connectivity index (χ3v) is 2.31. The van der Waals surface area contributed by atoms with Crippen LogP contribution < -0.4 is 5.73 Å². The average Bonchev–Trinajstić information content (AvgIpc) is 2.16. The molecule has 0 spiro atoms. The Balaban J connectivity index is 2.75. The second-order valence-electron chi connectivity index (χ2n) is 4.27. The van der Waals surface area contributed by atoms with E-state index in [1.807, 2.05) is 30.3 Å². The van der Waals surface area contributed by atoms with Crippen LogP contribution in [0.5, 0.6) is 0 Å². The Kier molecular flexibility index (Phi) is 3.90. The highest BCUT2D eigenvalue weighted by Gasteiger charge is 2.29. The first kappa shape index (κ1) is 12.5. The van der Waals surface area contributed by atoms with Gasteiger partial charge in [0.15, 0.2) is 0 Å². The van der Waals surface area contributed by atoms with Crippen molar-refractivity contribution in [1.29, 1.82) is 0 Å². The summed E-state index contributed by atoms with van der Waals surface area (Å²) < 4.78 is 4.91. The molecule has 1 rings (SSSR count). The quantitative estimate of drug-likeness (QED) is 0.811. The van der Waals surface area contributed by atoms with Crippen LogP contribution in [0, 0.1) is 0 Å². The van der Waals surface area contributed by atoms with Crippen LogP contribution in [0.3, 0.4) is 0 Å². The van der Waals surface area contributed by atoms with E-state index in [-0.39, 0.29) is 0 Å². The molecule has 0 heterocycles. The number of carbonyl (C=O) groups is 1. The third-order valence-electron chi connectivity index (χ3n) is 2.31. The Labute approximate surface area is 95.0 Å². The van der Waals surface area contributed by atoms with Gasteiger partial charge in [-0.1, -0.05) is 30.3 Å². The van der Waals surface area contributed by atoms with E-state index >= 15 is 0 Å². The van der Waals surface area contributed by atoms with E-state index in [1.165, 1.54) is 0 Å². The minimum absolute atomic E-state index is 0.438. The first-order valence-electron chi connectivity index (χ1n) is 5.12. The third kappa shape index (κ3) is 3.90. The number of rotatable bonds is 4. The van der Waals surface area contributed by atoms with Crippen molar-refractivity contribution in [2.75, 3.05) is 0 Å². The summed E-state index contributed by atoms with van der Waals surface area (Å²) in [6.07, 6.45) is -1.08. The Hall–Kier alpha value is -1.55. The summed E-state index contributed by atoms with van der Waals surface area (Å²) in [5.41, 5.74) is 4.83. The van der Waals surface area contributed by atoms with Gasteiger partial charge in [-0.05, 0) is 19.4 Å². The van der Waals surface area contributed by atoms with Crippen molar-refractivity contribution >= 4 is 6.09 Å². The van der Waals surface area contributed by atoms with Gasteiger partial charge in [-0.25, -0.2) is 4.79 Å². The molecule has 4 nitrogen and oxygen atoms in total. The number of amides is 1. The minimum atomic E-state index is -1.12. The SMILES string of the molecule is CC(C)(O)C(Cc1ccccc1)OC(N)=O. The summed E-state index contributed by atoms with van der Waals surface area (Å²) in [7, 11) is 0. The molecular formula is C12H17NO3. The van der Waals surface area contributed by atoms with Gasteiger partial charge in [-0.2, -0.15) is 0 Å². The molecule has 1 aromatic rings. The summed E-state index contributed by atoms with van der Waals surface area (Å²) in [6.45, 7) is 3.17. The maximum atomic E-state index is 10.7. The fourth-order valence-electron chi connectivity index (χ4n) is 1.40. The van der Waals surface area contributed by atoms with Crippen molar-refractivity contribution in [2.24, 2.45) is 5.73 Å². The second kappa shape index (κ2) is 4.99. The number of ether oxygens (including phenoxy) is 1. The Bertz CT molecular complexity index is 343. The molecule has 0 saturated heterocycles. The number of nitrogens with two attached hydrogens (primary N) is 1. The van der Waals surface area contributed by atoms with Crippen molar-refractivity contribution in [1.82, 2.24) is 0 Å². The Morgan fingerprint density at radius 2 is 2.00 bits per heavy atom. The van der Waals surface area contributed by atoms with Gasteiger partial charge in [0.25, 0.3) is 0 Å². The first-order valence-corrected chi connectivity index (χ1v) is 5.12. The molecule has 1 amide bonds. The summed E-state index contributed by atoms with van der Waals surface area (Å²) in [5, 5.41) is 9.85. The molecule has 0 aliphatic heterocycles. The van der Waals surface area contributed by atoms with Gasteiger partial charge in [-0.3, -0.25) is 0 Å². The number of hydrogen-bond donors (Lipinski definition) is 2. The molecule has 0 aliphatic rings. The maximum Gasteiger partial charge on any atom is 0.404 e. The Morgan fingerprint density at radius 3 is 2.44 bits per heavy atom. The molecule has 0 bridgehead atoms. The maximum absolute atomic E-state index is 10.7. The van der Waals surface area contributed by atoms with E-state index in [0.717, 1.165) is 5.56 Å². The predicted molar refractivity (Wildman–Crippen MR) is 60.9 cm³/mol. The number of hydrogen-bond acceptors (Lipinski definition) is 3. The van der Waals surface area contributed by atoms with Crippen LogP contribution in [0.15, 0.2) is 30.3 Å². The fraction of sp³-hybridized carbons (Fsp3) is 0.417. The molecule has 88 valence electrons. The van der Waals surface area contributed by atoms with Gasteiger partial charge >= 0.3 is 6.09 Å². The predicted octanol–water partition coefficient (Wildman–Crippen LogP) is 1.46. The van der Waals surface area contributed by atoms with Crippen LogP contribution in [0.2, 0.25) is 0 Å². The highest BCUT2D eigenvalue weighted by Crippen LogP contribution is 2.17. The zero-order valence-electron chi connectivity index (χ0n) is 9.51. The molecular weight excluding hydrogens is 206 g/mol. The first-order chi connectivity index (χ1) is 7.39.